The minimum absolute atomic E-state index is 0.301. The minimum atomic E-state index is -0.672. The van der Waals surface area contributed by atoms with E-state index in [0.29, 0.717) is 24.2 Å². The number of benzene rings is 1. The largest absolute Gasteiger partial charge is 0.481 e. The molecule has 21 heavy (non-hydrogen) atoms. The van der Waals surface area contributed by atoms with E-state index in [9.17, 15) is 4.79 Å². The first-order valence-corrected chi connectivity index (χ1v) is 8.05. The molecule has 116 valence electrons. The molecular formula is C18H27NO2. The molecule has 0 aliphatic carbocycles. The van der Waals surface area contributed by atoms with Crippen LogP contribution in [0.4, 0.5) is 0 Å². The summed E-state index contributed by atoms with van der Waals surface area (Å²) in [6, 6.07) is 10.7. The second-order valence-electron chi connectivity index (χ2n) is 6.59. The summed E-state index contributed by atoms with van der Waals surface area (Å²) in [4.78, 5) is 13.2. The molecule has 0 bridgehead atoms. The summed E-state index contributed by atoms with van der Waals surface area (Å²) in [6.45, 7) is 7.80. The van der Waals surface area contributed by atoms with E-state index in [4.69, 9.17) is 5.11 Å². The van der Waals surface area contributed by atoms with Crippen LogP contribution in [0.15, 0.2) is 30.3 Å². The summed E-state index contributed by atoms with van der Waals surface area (Å²) in [5, 5.41) is 8.83. The number of carboxylic acids is 1. The third kappa shape index (κ3) is 4.85. The van der Waals surface area contributed by atoms with Crippen molar-refractivity contribution in [3.63, 3.8) is 0 Å². The lowest BCUT2D eigenvalue weighted by Gasteiger charge is -2.40. The topological polar surface area (TPSA) is 40.5 Å². The first-order valence-electron chi connectivity index (χ1n) is 8.05. The highest BCUT2D eigenvalue weighted by atomic mass is 16.4. The standard InChI is InChI=1S/C18H27NO2/c1-14(2)15(8-9-18(20)21)10-11-19-12-17(13-19)16-6-4-3-5-7-16/h3-7,14-15,17H,8-13H2,1-2H3,(H,20,21). The minimum Gasteiger partial charge on any atom is -0.481 e. The van der Waals surface area contributed by atoms with Gasteiger partial charge in [-0.2, -0.15) is 0 Å². The van der Waals surface area contributed by atoms with E-state index in [1.54, 1.807) is 0 Å². The lowest BCUT2D eigenvalue weighted by atomic mass is 9.86. The lowest BCUT2D eigenvalue weighted by Crippen LogP contribution is -2.45. The number of aliphatic carboxylic acids is 1. The maximum absolute atomic E-state index is 10.7. The van der Waals surface area contributed by atoms with Gasteiger partial charge in [-0.3, -0.25) is 4.79 Å². The average Bonchev–Trinajstić information content (AvgIpc) is 2.40. The van der Waals surface area contributed by atoms with Crippen LogP contribution >= 0.6 is 0 Å². The van der Waals surface area contributed by atoms with Crippen LogP contribution in [0.5, 0.6) is 0 Å². The Morgan fingerprint density at radius 3 is 2.48 bits per heavy atom. The average molecular weight is 289 g/mol. The SMILES string of the molecule is CC(C)C(CCC(=O)O)CCN1CC(c2ccccc2)C1. The maximum Gasteiger partial charge on any atom is 0.303 e. The third-order valence-corrected chi connectivity index (χ3v) is 4.72. The number of rotatable bonds is 8. The first kappa shape index (κ1) is 16.0. The van der Waals surface area contributed by atoms with Crippen molar-refractivity contribution in [1.82, 2.24) is 4.90 Å². The number of hydrogen-bond donors (Lipinski definition) is 1. The number of nitrogens with zero attached hydrogens (tertiary/aromatic N) is 1. The van der Waals surface area contributed by atoms with Crippen LogP contribution in [-0.2, 0) is 4.79 Å². The number of likely N-dealkylation sites (tertiary alicyclic amines) is 1. The van der Waals surface area contributed by atoms with Gasteiger partial charge in [-0.15, -0.1) is 0 Å². The molecule has 1 aliphatic heterocycles. The highest BCUT2D eigenvalue weighted by molar-refractivity contribution is 5.66. The molecule has 1 N–H and O–H groups in total. The Morgan fingerprint density at radius 2 is 1.90 bits per heavy atom. The zero-order valence-electron chi connectivity index (χ0n) is 13.2. The van der Waals surface area contributed by atoms with Crippen LogP contribution < -0.4 is 0 Å². The van der Waals surface area contributed by atoms with E-state index < -0.39 is 5.97 Å². The molecule has 2 rings (SSSR count). The van der Waals surface area contributed by atoms with Crippen molar-refractivity contribution in [1.29, 1.82) is 0 Å². The summed E-state index contributed by atoms with van der Waals surface area (Å²) < 4.78 is 0. The zero-order valence-corrected chi connectivity index (χ0v) is 13.2. The Morgan fingerprint density at radius 1 is 1.24 bits per heavy atom. The Hall–Kier alpha value is -1.35. The van der Waals surface area contributed by atoms with Crippen LogP contribution in [0.3, 0.4) is 0 Å². The van der Waals surface area contributed by atoms with E-state index >= 15 is 0 Å². The van der Waals surface area contributed by atoms with Gasteiger partial charge < -0.3 is 10.0 Å². The van der Waals surface area contributed by atoms with E-state index in [0.717, 1.165) is 32.5 Å². The van der Waals surface area contributed by atoms with Gasteiger partial charge in [-0.1, -0.05) is 44.2 Å². The fourth-order valence-corrected chi connectivity index (χ4v) is 3.16. The molecule has 1 saturated heterocycles. The van der Waals surface area contributed by atoms with Gasteiger partial charge in [-0.25, -0.2) is 0 Å². The summed E-state index contributed by atoms with van der Waals surface area (Å²) in [6.07, 6.45) is 2.23. The summed E-state index contributed by atoms with van der Waals surface area (Å²) >= 11 is 0. The van der Waals surface area contributed by atoms with Gasteiger partial charge in [-0.05, 0) is 36.8 Å². The molecule has 0 aromatic heterocycles. The maximum atomic E-state index is 10.7. The second kappa shape index (κ2) is 7.60. The Kier molecular flexibility index (Phi) is 5.80. The normalized spacial score (nSPS) is 17.7. The molecule has 1 heterocycles. The van der Waals surface area contributed by atoms with Gasteiger partial charge in [0.25, 0.3) is 0 Å². The van der Waals surface area contributed by atoms with E-state index in [2.05, 4.69) is 49.1 Å². The smallest absolute Gasteiger partial charge is 0.303 e. The molecule has 0 saturated carbocycles. The van der Waals surface area contributed by atoms with Crippen LogP contribution in [0.25, 0.3) is 0 Å². The van der Waals surface area contributed by atoms with E-state index in [-0.39, 0.29) is 0 Å². The van der Waals surface area contributed by atoms with Crippen molar-refractivity contribution < 1.29 is 9.90 Å². The van der Waals surface area contributed by atoms with Crippen LogP contribution in [0.1, 0.15) is 44.6 Å². The van der Waals surface area contributed by atoms with Crippen molar-refractivity contribution in [2.75, 3.05) is 19.6 Å². The predicted molar refractivity (Wildman–Crippen MR) is 85.4 cm³/mol. The molecule has 0 amide bonds. The molecule has 1 aromatic carbocycles. The molecule has 3 heteroatoms. The van der Waals surface area contributed by atoms with Crippen molar-refractivity contribution >= 4 is 5.97 Å². The fraction of sp³-hybridized carbons (Fsp3) is 0.611. The van der Waals surface area contributed by atoms with Crippen molar-refractivity contribution in [3.05, 3.63) is 35.9 Å². The number of hydrogen-bond acceptors (Lipinski definition) is 2. The van der Waals surface area contributed by atoms with Gasteiger partial charge in [0, 0.05) is 25.4 Å². The molecular weight excluding hydrogens is 262 g/mol. The third-order valence-electron chi connectivity index (χ3n) is 4.72. The summed E-state index contributed by atoms with van der Waals surface area (Å²) in [5.41, 5.74) is 1.44. The first-order chi connectivity index (χ1) is 10.1. The van der Waals surface area contributed by atoms with E-state index in [1.807, 2.05) is 0 Å². The van der Waals surface area contributed by atoms with Crippen LogP contribution in [-0.4, -0.2) is 35.6 Å². The highest BCUT2D eigenvalue weighted by Gasteiger charge is 2.28. The Balaban J connectivity index is 1.70. The summed E-state index contributed by atoms with van der Waals surface area (Å²) in [5.74, 6) is 1.10. The van der Waals surface area contributed by atoms with Gasteiger partial charge in [0.05, 0.1) is 0 Å². The van der Waals surface area contributed by atoms with Crippen molar-refractivity contribution in [2.24, 2.45) is 11.8 Å². The predicted octanol–water partition coefficient (Wildman–Crippen LogP) is 3.61. The second-order valence-corrected chi connectivity index (χ2v) is 6.59. The van der Waals surface area contributed by atoms with Gasteiger partial charge in [0.2, 0.25) is 0 Å². The van der Waals surface area contributed by atoms with Crippen molar-refractivity contribution in [3.8, 4) is 0 Å². The fourth-order valence-electron chi connectivity index (χ4n) is 3.16. The molecule has 1 atom stereocenters. The Bertz CT molecular complexity index is 438. The monoisotopic (exact) mass is 289 g/mol. The highest BCUT2D eigenvalue weighted by Crippen LogP contribution is 2.28. The summed E-state index contributed by atoms with van der Waals surface area (Å²) in [7, 11) is 0. The molecule has 1 fully saturated rings. The van der Waals surface area contributed by atoms with E-state index in [1.165, 1.54) is 5.56 Å². The number of carbonyl (C=O) groups is 1. The van der Waals surface area contributed by atoms with Crippen LogP contribution in [0, 0.1) is 11.8 Å². The van der Waals surface area contributed by atoms with Crippen LogP contribution in [0.2, 0.25) is 0 Å². The molecule has 3 nitrogen and oxygen atoms in total. The molecule has 1 aliphatic rings. The number of carboxylic acid groups (broad SMARTS) is 1. The molecule has 1 unspecified atom stereocenters. The Labute approximate surface area is 128 Å². The molecule has 0 spiro atoms. The quantitative estimate of drug-likeness (QED) is 0.794. The van der Waals surface area contributed by atoms with Gasteiger partial charge in [0.1, 0.15) is 0 Å². The van der Waals surface area contributed by atoms with Gasteiger partial charge >= 0.3 is 5.97 Å². The molecule has 1 aromatic rings. The van der Waals surface area contributed by atoms with Crippen molar-refractivity contribution in [2.45, 2.75) is 39.0 Å². The zero-order chi connectivity index (χ0) is 15.2. The molecule has 0 radical (unpaired) electrons. The van der Waals surface area contributed by atoms with Gasteiger partial charge in [0.15, 0.2) is 0 Å². The lowest BCUT2D eigenvalue weighted by molar-refractivity contribution is -0.137.